The normalized spacial score (nSPS) is 13.4. The van der Waals surface area contributed by atoms with E-state index < -0.39 is 5.97 Å². The van der Waals surface area contributed by atoms with Gasteiger partial charge in [0.05, 0.1) is 20.3 Å². The van der Waals surface area contributed by atoms with Crippen LogP contribution in [0.4, 0.5) is 0 Å². The smallest absolute Gasteiger partial charge is 0.336 e. The van der Waals surface area contributed by atoms with Gasteiger partial charge in [0.15, 0.2) is 23.0 Å². The van der Waals surface area contributed by atoms with Crippen molar-refractivity contribution in [2.75, 3.05) is 20.3 Å². The van der Waals surface area contributed by atoms with Crippen LogP contribution in [0, 0.1) is 0 Å². The number of carbonyl (C=O) groups excluding carboxylic acids is 1. The van der Waals surface area contributed by atoms with Crippen LogP contribution >= 0.6 is 0 Å². The minimum absolute atomic E-state index is 0.383. The van der Waals surface area contributed by atoms with Crippen molar-refractivity contribution < 1.29 is 23.7 Å². The summed E-state index contributed by atoms with van der Waals surface area (Å²) in [5, 5.41) is 0. The van der Waals surface area contributed by atoms with Gasteiger partial charge in [-0.3, -0.25) is 0 Å². The molecule has 24 heavy (non-hydrogen) atoms. The van der Waals surface area contributed by atoms with E-state index in [9.17, 15) is 4.79 Å². The molecule has 3 rings (SSSR count). The van der Waals surface area contributed by atoms with Gasteiger partial charge in [-0.15, -0.1) is 0 Å². The van der Waals surface area contributed by atoms with Crippen LogP contribution in [-0.2, 0) is 4.79 Å². The second-order valence-electron chi connectivity index (χ2n) is 5.16. The Bertz CT molecular complexity index is 751. The van der Waals surface area contributed by atoms with E-state index in [1.807, 2.05) is 24.3 Å². The predicted octanol–water partition coefficient (Wildman–Crippen LogP) is 3.48. The van der Waals surface area contributed by atoms with Gasteiger partial charge in [-0.2, -0.15) is 0 Å². The lowest BCUT2D eigenvalue weighted by Crippen LogP contribution is -2.04. The SMILES string of the molecule is COc1ccccc1OC(=O)/C=C/c1ccc2c(c1)OCCCO2. The van der Waals surface area contributed by atoms with Gasteiger partial charge in [0.25, 0.3) is 0 Å². The van der Waals surface area contributed by atoms with Crippen molar-refractivity contribution in [2.24, 2.45) is 0 Å². The van der Waals surface area contributed by atoms with Crippen LogP contribution in [0.15, 0.2) is 48.5 Å². The summed E-state index contributed by atoms with van der Waals surface area (Å²) in [4.78, 5) is 12.0. The summed E-state index contributed by atoms with van der Waals surface area (Å²) in [6, 6.07) is 12.5. The lowest BCUT2D eigenvalue weighted by Gasteiger charge is -2.08. The highest BCUT2D eigenvalue weighted by Gasteiger charge is 2.10. The van der Waals surface area contributed by atoms with Crippen LogP contribution in [0.3, 0.4) is 0 Å². The predicted molar refractivity (Wildman–Crippen MR) is 89.7 cm³/mol. The van der Waals surface area contributed by atoms with Crippen LogP contribution in [0.1, 0.15) is 12.0 Å². The first-order valence-corrected chi connectivity index (χ1v) is 7.69. The summed E-state index contributed by atoms with van der Waals surface area (Å²) >= 11 is 0. The van der Waals surface area contributed by atoms with Gasteiger partial charge in [-0.1, -0.05) is 18.2 Å². The van der Waals surface area contributed by atoms with Gasteiger partial charge in [-0.05, 0) is 35.9 Å². The maximum Gasteiger partial charge on any atom is 0.336 e. The van der Waals surface area contributed by atoms with E-state index in [0.29, 0.717) is 30.5 Å². The summed E-state index contributed by atoms with van der Waals surface area (Å²) in [5.74, 6) is 1.82. The van der Waals surface area contributed by atoms with E-state index in [-0.39, 0.29) is 0 Å². The number of methoxy groups -OCH3 is 1. The van der Waals surface area contributed by atoms with Gasteiger partial charge in [0, 0.05) is 12.5 Å². The molecule has 0 atom stereocenters. The molecule has 0 N–H and O–H groups in total. The minimum atomic E-state index is -0.480. The zero-order valence-electron chi connectivity index (χ0n) is 13.4. The fourth-order valence-corrected chi connectivity index (χ4v) is 2.29. The number of hydrogen-bond donors (Lipinski definition) is 0. The highest BCUT2D eigenvalue weighted by molar-refractivity contribution is 5.89. The van der Waals surface area contributed by atoms with Crippen LogP contribution < -0.4 is 18.9 Å². The summed E-state index contributed by atoms with van der Waals surface area (Å²) in [7, 11) is 1.53. The third-order valence-electron chi connectivity index (χ3n) is 3.46. The second kappa shape index (κ2) is 7.55. The van der Waals surface area contributed by atoms with Crippen molar-refractivity contribution in [3.05, 3.63) is 54.1 Å². The Labute approximate surface area is 140 Å². The van der Waals surface area contributed by atoms with Crippen molar-refractivity contribution in [3.63, 3.8) is 0 Å². The quantitative estimate of drug-likeness (QED) is 0.489. The van der Waals surface area contributed by atoms with Crippen molar-refractivity contribution in [2.45, 2.75) is 6.42 Å². The average Bonchev–Trinajstić information content (AvgIpc) is 2.85. The maximum atomic E-state index is 12.0. The molecule has 0 aromatic heterocycles. The fraction of sp³-hybridized carbons (Fsp3) is 0.211. The molecule has 0 amide bonds. The third kappa shape index (κ3) is 3.87. The van der Waals surface area contributed by atoms with Crippen LogP contribution in [0.25, 0.3) is 6.08 Å². The van der Waals surface area contributed by atoms with Gasteiger partial charge >= 0.3 is 5.97 Å². The number of hydrogen-bond acceptors (Lipinski definition) is 5. The molecular formula is C19H18O5. The van der Waals surface area contributed by atoms with Gasteiger partial charge in [0.2, 0.25) is 0 Å². The highest BCUT2D eigenvalue weighted by Crippen LogP contribution is 2.31. The molecule has 0 spiro atoms. The van der Waals surface area contributed by atoms with Gasteiger partial charge in [0.1, 0.15) is 0 Å². The molecule has 2 aromatic carbocycles. The largest absolute Gasteiger partial charge is 0.493 e. The number of para-hydroxylation sites is 2. The molecule has 0 unspecified atom stereocenters. The Hall–Kier alpha value is -2.95. The van der Waals surface area contributed by atoms with Gasteiger partial charge in [-0.25, -0.2) is 4.79 Å². The Morgan fingerprint density at radius 1 is 1.04 bits per heavy atom. The van der Waals surface area contributed by atoms with Crippen LogP contribution in [0.5, 0.6) is 23.0 Å². The monoisotopic (exact) mass is 326 g/mol. The minimum Gasteiger partial charge on any atom is -0.493 e. The molecule has 0 radical (unpaired) electrons. The first-order valence-electron chi connectivity index (χ1n) is 7.69. The molecule has 0 saturated heterocycles. The van der Waals surface area contributed by atoms with E-state index in [1.54, 1.807) is 24.3 Å². The van der Waals surface area contributed by atoms with Crippen molar-refractivity contribution >= 4 is 12.0 Å². The van der Waals surface area contributed by atoms with E-state index in [0.717, 1.165) is 17.7 Å². The topological polar surface area (TPSA) is 54.0 Å². The van der Waals surface area contributed by atoms with Crippen molar-refractivity contribution in [1.82, 2.24) is 0 Å². The molecular weight excluding hydrogens is 308 g/mol. The third-order valence-corrected chi connectivity index (χ3v) is 3.46. The number of fused-ring (bicyclic) bond motifs is 1. The van der Waals surface area contributed by atoms with E-state index >= 15 is 0 Å². The van der Waals surface area contributed by atoms with Crippen molar-refractivity contribution in [1.29, 1.82) is 0 Å². The fourth-order valence-electron chi connectivity index (χ4n) is 2.29. The van der Waals surface area contributed by atoms with Crippen LogP contribution in [0.2, 0.25) is 0 Å². The molecule has 1 aliphatic heterocycles. The maximum absolute atomic E-state index is 12.0. The zero-order chi connectivity index (χ0) is 16.8. The van der Waals surface area contributed by atoms with E-state index in [1.165, 1.54) is 13.2 Å². The molecule has 0 bridgehead atoms. The summed E-state index contributed by atoms with van der Waals surface area (Å²) in [6.45, 7) is 1.27. The summed E-state index contributed by atoms with van der Waals surface area (Å²) < 4.78 is 21.6. The molecule has 0 saturated carbocycles. The number of esters is 1. The molecule has 124 valence electrons. The molecule has 0 fully saturated rings. The number of carbonyl (C=O) groups is 1. The second-order valence-corrected chi connectivity index (χ2v) is 5.16. The Morgan fingerprint density at radius 2 is 1.79 bits per heavy atom. The Balaban J connectivity index is 1.69. The lowest BCUT2D eigenvalue weighted by atomic mass is 10.2. The Kier molecular flexibility index (Phi) is 5.01. The number of ether oxygens (including phenoxy) is 4. The lowest BCUT2D eigenvalue weighted by molar-refractivity contribution is -0.129. The summed E-state index contributed by atoms with van der Waals surface area (Å²) in [5.41, 5.74) is 0.830. The molecule has 2 aromatic rings. The van der Waals surface area contributed by atoms with Gasteiger partial charge < -0.3 is 18.9 Å². The summed E-state index contributed by atoms with van der Waals surface area (Å²) in [6.07, 6.45) is 3.89. The van der Waals surface area contributed by atoms with E-state index in [2.05, 4.69) is 0 Å². The number of benzene rings is 2. The van der Waals surface area contributed by atoms with E-state index in [4.69, 9.17) is 18.9 Å². The van der Waals surface area contributed by atoms with Crippen molar-refractivity contribution in [3.8, 4) is 23.0 Å². The standard InChI is InChI=1S/C19H18O5/c1-21-15-5-2-3-6-17(15)24-19(20)10-8-14-7-9-16-18(13-14)23-12-4-11-22-16/h2-3,5-10,13H,4,11-12H2,1H3/b10-8+. The van der Waals surface area contributed by atoms with Crippen LogP contribution in [-0.4, -0.2) is 26.3 Å². The molecule has 5 nitrogen and oxygen atoms in total. The average molecular weight is 326 g/mol. The first kappa shape index (κ1) is 15.9. The number of rotatable bonds is 4. The molecule has 1 aliphatic rings. The molecule has 5 heteroatoms. The Morgan fingerprint density at radius 3 is 2.58 bits per heavy atom. The molecule has 1 heterocycles. The first-order chi connectivity index (χ1) is 11.8. The zero-order valence-corrected chi connectivity index (χ0v) is 13.4. The highest BCUT2D eigenvalue weighted by atomic mass is 16.6. The molecule has 0 aliphatic carbocycles.